The molecule has 0 atom stereocenters. The first kappa shape index (κ1) is 19.7. The van der Waals surface area contributed by atoms with E-state index in [2.05, 4.69) is 0 Å². The van der Waals surface area contributed by atoms with Crippen molar-refractivity contribution < 1.29 is 22.3 Å². The number of carbonyl (C=O) groups excluding carboxylic acids is 1. The topological polar surface area (TPSA) is 66.9 Å². The minimum atomic E-state index is -3.27. The summed E-state index contributed by atoms with van der Waals surface area (Å²) in [6.45, 7) is 5.36. The molecular formula is C17H25FN2O4S. The van der Waals surface area contributed by atoms with Crippen molar-refractivity contribution in [2.24, 2.45) is 0 Å². The summed E-state index contributed by atoms with van der Waals surface area (Å²) in [7, 11) is -3.27. The Morgan fingerprint density at radius 2 is 1.96 bits per heavy atom. The Kier molecular flexibility index (Phi) is 6.78. The third kappa shape index (κ3) is 4.92. The molecule has 0 aromatic heterocycles. The van der Waals surface area contributed by atoms with Gasteiger partial charge in [0.15, 0.2) is 11.6 Å². The fraction of sp³-hybridized carbons (Fsp3) is 0.588. The van der Waals surface area contributed by atoms with Crippen LogP contribution in [0, 0.1) is 5.82 Å². The predicted octanol–water partition coefficient (Wildman–Crippen LogP) is 2.11. The molecule has 0 saturated carbocycles. The van der Waals surface area contributed by atoms with E-state index in [9.17, 15) is 17.6 Å². The number of hydrogen-bond donors (Lipinski definition) is 0. The first-order valence-electron chi connectivity index (χ1n) is 8.58. The zero-order chi connectivity index (χ0) is 18.4. The molecular weight excluding hydrogens is 347 g/mol. The number of hydrogen-bond acceptors (Lipinski definition) is 4. The zero-order valence-electron chi connectivity index (χ0n) is 14.7. The van der Waals surface area contributed by atoms with E-state index >= 15 is 0 Å². The van der Waals surface area contributed by atoms with Crippen molar-refractivity contribution in [3.8, 4) is 5.75 Å². The molecule has 1 aromatic carbocycles. The van der Waals surface area contributed by atoms with E-state index in [1.807, 2.05) is 6.92 Å². The molecule has 0 unspecified atom stereocenters. The first-order chi connectivity index (χ1) is 11.9. The van der Waals surface area contributed by atoms with Crippen LogP contribution < -0.4 is 4.74 Å². The molecule has 2 rings (SSSR count). The minimum absolute atomic E-state index is 0.116. The van der Waals surface area contributed by atoms with Gasteiger partial charge in [-0.3, -0.25) is 4.79 Å². The number of benzene rings is 1. The van der Waals surface area contributed by atoms with Crippen LogP contribution in [0.3, 0.4) is 0 Å². The van der Waals surface area contributed by atoms with Crippen LogP contribution in [0.2, 0.25) is 0 Å². The molecule has 140 valence electrons. The molecule has 1 amide bonds. The highest BCUT2D eigenvalue weighted by Gasteiger charge is 2.26. The van der Waals surface area contributed by atoms with Crippen LogP contribution in [-0.2, 0) is 10.0 Å². The molecule has 0 spiro atoms. The number of sulfonamides is 1. The van der Waals surface area contributed by atoms with Crippen LogP contribution in [0.1, 0.15) is 37.0 Å². The Balaban J connectivity index is 2.07. The van der Waals surface area contributed by atoms with Crippen LogP contribution in [-0.4, -0.2) is 62.1 Å². The van der Waals surface area contributed by atoms with Crippen molar-refractivity contribution in [3.63, 3.8) is 0 Å². The minimum Gasteiger partial charge on any atom is -0.491 e. The lowest BCUT2D eigenvalue weighted by Crippen LogP contribution is -2.38. The second-order valence-electron chi connectivity index (χ2n) is 5.94. The molecule has 0 radical (unpaired) electrons. The molecule has 8 heteroatoms. The Hall–Kier alpha value is -1.67. The molecule has 0 N–H and O–H groups in total. The van der Waals surface area contributed by atoms with Gasteiger partial charge in [0.1, 0.15) is 0 Å². The highest BCUT2D eigenvalue weighted by Crippen LogP contribution is 2.20. The number of rotatable bonds is 6. The summed E-state index contributed by atoms with van der Waals surface area (Å²) in [5, 5.41) is 0. The molecule has 6 nitrogen and oxygen atoms in total. The summed E-state index contributed by atoms with van der Waals surface area (Å²) in [5.74, 6) is -0.636. The maximum absolute atomic E-state index is 14.0. The van der Waals surface area contributed by atoms with Gasteiger partial charge in [-0.05, 0) is 38.0 Å². The molecule has 1 saturated heterocycles. The number of amides is 1. The molecule has 1 heterocycles. The van der Waals surface area contributed by atoms with Gasteiger partial charge in [0, 0.05) is 31.7 Å². The molecule has 0 bridgehead atoms. The summed E-state index contributed by atoms with van der Waals surface area (Å²) >= 11 is 0. The smallest absolute Gasteiger partial charge is 0.254 e. The van der Waals surface area contributed by atoms with Gasteiger partial charge in [-0.15, -0.1) is 0 Å². The number of ether oxygens (including phenoxy) is 1. The van der Waals surface area contributed by atoms with Crippen LogP contribution in [0.25, 0.3) is 0 Å². The fourth-order valence-corrected chi connectivity index (χ4v) is 4.39. The van der Waals surface area contributed by atoms with Crippen LogP contribution in [0.5, 0.6) is 5.75 Å². The Labute approximate surface area is 148 Å². The highest BCUT2D eigenvalue weighted by molar-refractivity contribution is 7.89. The van der Waals surface area contributed by atoms with E-state index in [1.54, 1.807) is 11.8 Å². The molecule has 1 fully saturated rings. The number of halogens is 1. The van der Waals surface area contributed by atoms with Gasteiger partial charge in [0.05, 0.1) is 12.4 Å². The van der Waals surface area contributed by atoms with Gasteiger partial charge in [-0.2, -0.15) is 0 Å². The summed E-state index contributed by atoms with van der Waals surface area (Å²) < 4.78 is 44.9. The van der Waals surface area contributed by atoms with Crippen LogP contribution in [0.15, 0.2) is 18.2 Å². The lowest BCUT2D eigenvalue weighted by atomic mass is 10.1. The Morgan fingerprint density at radius 1 is 1.20 bits per heavy atom. The second kappa shape index (κ2) is 8.62. The summed E-state index contributed by atoms with van der Waals surface area (Å²) in [6, 6.07) is 4.15. The fourth-order valence-electron chi connectivity index (χ4n) is 2.85. The van der Waals surface area contributed by atoms with Gasteiger partial charge >= 0.3 is 0 Å². The van der Waals surface area contributed by atoms with E-state index in [0.717, 1.165) is 0 Å². The van der Waals surface area contributed by atoms with Crippen molar-refractivity contribution in [2.75, 3.05) is 38.5 Å². The van der Waals surface area contributed by atoms with Crippen molar-refractivity contribution >= 4 is 15.9 Å². The van der Waals surface area contributed by atoms with E-state index in [0.29, 0.717) is 39.1 Å². The second-order valence-corrected chi connectivity index (χ2v) is 8.03. The summed E-state index contributed by atoms with van der Waals surface area (Å²) in [6.07, 6.45) is 1.13. The zero-order valence-corrected chi connectivity index (χ0v) is 15.5. The molecule has 1 aliphatic rings. The monoisotopic (exact) mass is 372 g/mol. The van der Waals surface area contributed by atoms with E-state index < -0.39 is 15.8 Å². The van der Waals surface area contributed by atoms with Gasteiger partial charge in [-0.1, -0.05) is 6.92 Å². The quantitative estimate of drug-likeness (QED) is 0.767. The largest absolute Gasteiger partial charge is 0.491 e. The molecule has 0 aliphatic carbocycles. The third-order valence-corrected chi connectivity index (χ3v) is 6.15. The van der Waals surface area contributed by atoms with Crippen LogP contribution in [0.4, 0.5) is 4.39 Å². The maximum atomic E-state index is 14.0. The van der Waals surface area contributed by atoms with Gasteiger partial charge in [0.2, 0.25) is 10.0 Å². The normalized spacial score (nSPS) is 16.5. The van der Waals surface area contributed by atoms with Gasteiger partial charge in [-0.25, -0.2) is 17.1 Å². The highest BCUT2D eigenvalue weighted by atomic mass is 32.2. The first-order valence-corrected chi connectivity index (χ1v) is 10.2. The van der Waals surface area contributed by atoms with Crippen molar-refractivity contribution in [1.82, 2.24) is 9.21 Å². The van der Waals surface area contributed by atoms with Gasteiger partial charge in [0.25, 0.3) is 5.91 Å². The Bertz CT molecular complexity index is 709. The third-order valence-electron chi connectivity index (χ3n) is 4.08. The SMILES string of the molecule is CCCS(=O)(=O)N1CCCN(C(=O)c2ccc(OCC)c(F)c2)CC1. The standard InChI is InChI=1S/C17H25FN2O4S/c1-3-12-25(22,23)20-9-5-8-19(10-11-20)17(21)14-6-7-16(24-4-2)15(18)13-14/h6-7,13H,3-5,8-12H2,1-2H3. The number of nitrogens with zero attached hydrogens (tertiary/aromatic N) is 2. The van der Waals surface area contributed by atoms with Gasteiger partial charge < -0.3 is 9.64 Å². The molecule has 1 aromatic rings. The molecule has 25 heavy (non-hydrogen) atoms. The van der Waals surface area contributed by atoms with E-state index in [-0.39, 0.29) is 29.5 Å². The predicted molar refractivity (Wildman–Crippen MR) is 93.7 cm³/mol. The molecule has 1 aliphatic heterocycles. The summed E-state index contributed by atoms with van der Waals surface area (Å²) in [4.78, 5) is 14.2. The van der Waals surface area contributed by atoms with Crippen molar-refractivity contribution in [3.05, 3.63) is 29.6 Å². The van der Waals surface area contributed by atoms with Crippen molar-refractivity contribution in [2.45, 2.75) is 26.7 Å². The lowest BCUT2D eigenvalue weighted by molar-refractivity contribution is 0.0763. The maximum Gasteiger partial charge on any atom is 0.254 e. The average molecular weight is 372 g/mol. The summed E-state index contributed by atoms with van der Waals surface area (Å²) in [5.41, 5.74) is 0.241. The Morgan fingerprint density at radius 3 is 2.60 bits per heavy atom. The van der Waals surface area contributed by atoms with E-state index in [4.69, 9.17) is 4.74 Å². The number of carbonyl (C=O) groups is 1. The average Bonchev–Trinajstić information content (AvgIpc) is 2.83. The van der Waals surface area contributed by atoms with Crippen molar-refractivity contribution in [1.29, 1.82) is 0 Å². The lowest BCUT2D eigenvalue weighted by Gasteiger charge is -2.22. The van der Waals surface area contributed by atoms with E-state index in [1.165, 1.54) is 22.5 Å². The van der Waals surface area contributed by atoms with Crippen LogP contribution >= 0.6 is 0 Å².